The first-order valence-electron chi connectivity index (χ1n) is 38.2. The van der Waals surface area contributed by atoms with E-state index in [1.165, 1.54) is 48.5 Å². The van der Waals surface area contributed by atoms with Crippen LogP contribution < -0.4 is 46.4 Å². The van der Waals surface area contributed by atoms with Crippen molar-refractivity contribution in [3.8, 4) is 17.2 Å². The van der Waals surface area contributed by atoms with E-state index in [1.807, 2.05) is 17.4 Å². The van der Waals surface area contributed by atoms with Crippen LogP contribution in [-0.4, -0.2) is 325 Å². The summed E-state index contributed by atoms with van der Waals surface area (Å²) in [5, 5.41) is 83.0. The van der Waals surface area contributed by atoms with E-state index >= 15 is 0 Å². The molecule has 0 saturated carbocycles. The largest absolute Gasteiger partial charge is 0.462 e. The van der Waals surface area contributed by atoms with Crippen LogP contribution in [-0.2, 0) is 79.0 Å². The van der Waals surface area contributed by atoms with Crippen molar-refractivity contribution in [2.24, 2.45) is 0 Å². The Balaban J connectivity index is 0.683. The number of amides is 4. The van der Waals surface area contributed by atoms with Crippen LogP contribution >= 0.6 is 15.2 Å². The SMILES string of the molecule is O=C(NCCCCC1=CN(CCOCCOCCOCCN(CCOCCOCCOCCC(=O)Oc2c(F)c(F)c(F)c(F)c2F)CCOCCOCCOCCn2cc(CCCCNC(=O)Nc3ccc(O[C@H]4O[C@H](CCP(=O)(O)O)[C@@H](O)[C@H](O)[C@@H]4O)cc3)nn2)NN1)Nc1ccc(O[C@H]2O[C@H](CCP(=O)(O)O)[C@@H](O)[C@H](O)[C@@H]2O)cc1. The minimum Gasteiger partial charge on any atom is -0.462 e. The first-order valence-corrected chi connectivity index (χ1v) is 41.8. The van der Waals surface area contributed by atoms with Gasteiger partial charge in [-0.1, -0.05) is 5.21 Å². The summed E-state index contributed by atoms with van der Waals surface area (Å²) < 4.78 is 170. The number of allylic oxidation sites excluding steroid dienone is 1. The van der Waals surface area contributed by atoms with Crippen molar-refractivity contribution in [2.45, 2.75) is 126 Å². The standard InChI is InChI=1S/C71H108F5N11O29P2/c72-56-57(73)59(75)67(60(76)58(56)74)116-55(88)15-25-103-31-37-109-38-32-104-26-20-85(21-27-105-33-39-110-41-35-107-29-23-86-45-49(81-83-86)5-1-3-18-77-70(95)79-47-7-11-51(12-8-47)112-68-65(93)63(91)61(89)53(114-68)16-43-117(97,98)99)22-28-106-34-40-111-42-36-108-30-24-87-46-50(82-84-87)6-2-4-19-78-71(96)80-48-9-13-52(14-10-48)113-69-66(94)64(92)62(90)54(115-69)17-44-118(100,101)102/h7-14,45-46,53-54,61-66,68-69,81,83,89-94H,1-6,15-44H2,(H2,77,79,95)(H2,78,80,96)(H2,97,98,99)(H2,100,101,102)/t53-,54-,61-,62-,63+,64+,65+,66+,68+,69+/m1/s1. The van der Waals surface area contributed by atoms with Gasteiger partial charge < -0.3 is 143 Å². The highest BCUT2D eigenvalue weighted by Crippen LogP contribution is 2.39. The van der Waals surface area contributed by atoms with E-state index in [2.05, 4.69) is 52.2 Å². The third-order valence-electron chi connectivity index (χ3n) is 17.7. The molecular formula is C71H108F5N11O29P2. The molecule has 118 heavy (non-hydrogen) atoms. The maximum Gasteiger partial charge on any atom is 0.325 e. The number of rotatable bonds is 59. The zero-order chi connectivity index (χ0) is 85.2. The summed E-state index contributed by atoms with van der Waals surface area (Å²) >= 11 is 0. The average molecular weight is 1740 g/mol. The fourth-order valence-corrected chi connectivity index (χ4v) is 12.5. The van der Waals surface area contributed by atoms with Crippen LogP contribution in [0.1, 0.15) is 57.1 Å². The number of anilines is 2. The number of carbonyl (C=O) groups excluding carboxylic acids is 3. The van der Waals surface area contributed by atoms with Crippen molar-refractivity contribution in [3.05, 3.63) is 101 Å². The van der Waals surface area contributed by atoms with Gasteiger partial charge in [-0.2, -0.15) is 8.78 Å². The third kappa shape index (κ3) is 37.1. The van der Waals surface area contributed by atoms with Crippen molar-refractivity contribution in [2.75, 3.05) is 181 Å². The van der Waals surface area contributed by atoms with Crippen LogP contribution in [0.3, 0.4) is 0 Å². The summed E-state index contributed by atoms with van der Waals surface area (Å²) in [6.45, 7) is 8.32. The van der Waals surface area contributed by atoms with Crippen LogP contribution in [0, 0.1) is 29.1 Å². The highest BCUT2D eigenvalue weighted by Gasteiger charge is 2.47. The van der Waals surface area contributed by atoms with Gasteiger partial charge in [0.2, 0.25) is 47.4 Å². The summed E-state index contributed by atoms with van der Waals surface area (Å²) in [6, 6.07) is 11.2. The number of hydrazine groups is 2. The Kier molecular flexibility index (Phi) is 44.0. The second kappa shape index (κ2) is 53.0. The minimum atomic E-state index is -4.42. The molecule has 0 bridgehead atoms. The van der Waals surface area contributed by atoms with Gasteiger partial charge in [-0.15, -0.1) is 10.6 Å². The zero-order valence-corrected chi connectivity index (χ0v) is 66.5. The van der Waals surface area contributed by atoms with E-state index in [-0.39, 0.29) is 57.4 Å². The number of esters is 1. The van der Waals surface area contributed by atoms with Crippen LogP contribution in [0.2, 0.25) is 0 Å². The lowest BCUT2D eigenvalue weighted by Crippen LogP contribution is -2.59. The van der Waals surface area contributed by atoms with Crippen LogP contribution in [0.15, 0.2) is 66.6 Å². The highest BCUT2D eigenvalue weighted by molar-refractivity contribution is 7.52. The molecular weight excluding hydrogens is 1630 g/mol. The van der Waals surface area contributed by atoms with Crippen molar-refractivity contribution >= 4 is 44.6 Å². The number of urea groups is 2. The zero-order valence-electron chi connectivity index (χ0n) is 64.8. The summed E-state index contributed by atoms with van der Waals surface area (Å²) in [6.07, 6.45) is -9.58. The molecule has 3 aliphatic rings. The number of ether oxygens (including phenoxy) is 14. The molecule has 40 nitrogen and oxygen atoms in total. The van der Waals surface area contributed by atoms with Gasteiger partial charge in [0.05, 0.1) is 169 Å². The molecule has 2 fully saturated rings. The maximum atomic E-state index is 13.9. The van der Waals surface area contributed by atoms with E-state index in [0.29, 0.717) is 169 Å². The van der Waals surface area contributed by atoms with E-state index < -0.39 is 148 Å². The molecule has 0 aliphatic carbocycles. The van der Waals surface area contributed by atoms with Crippen LogP contribution in [0.4, 0.5) is 42.9 Å². The fraction of sp³-hybridized carbons (Fsp3) is 0.648. The molecule has 3 aromatic carbocycles. The Hall–Kier alpha value is -7.06. The molecule has 666 valence electrons. The summed E-state index contributed by atoms with van der Waals surface area (Å²) in [7, 11) is -8.84. The number of hydrogen-bond donors (Lipinski definition) is 16. The first kappa shape index (κ1) is 98.1. The molecule has 3 aliphatic heterocycles. The predicted octanol–water partition coefficient (Wildman–Crippen LogP) is 1.23. The number of aromatic nitrogens is 3. The first-order chi connectivity index (χ1) is 56.6. The monoisotopic (exact) mass is 1740 g/mol. The average Bonchev–Trinajstić information content (AvgIpc) is 0.900. The highest BCUT2D eigenvalue weighted by atomic mass is 31.2. The molecule has 4 heterocycles. The van der Waals surface area contributed by atoms with Crippen molar-refractivity contribution in [1.82, 2.24) is 46.5 Å². The molecule has 7 rings (SSSR count). The van der Waals surface area contributed by atoms with Crippen LogP contribution in [0.5, 0.6) is 17.2 Å². The van der Waals surface area contributed by atoms with Gasteiger partial charge in [0.1, 0.15) is 48.1 Å². The molecule has 10 atom stereocenters. The number of nitrogens with zero attached hydrogens (tertiary/aromatic N) is 5. The number of halogens is 5. The van der Waals surface area contributed by atoms with Crippen molar-refractivity contribution in [1.29, 1.82) is 0 Å². The third-order valence-corrected chi connectivity index (χ3v) is 19.4. The number of aryl methyl sites for hydroxylation is 1. The number of aliphatic hydroxyl groups is 6. The maximum absolute atomic E-state index is 13.9. The smallest absolute Gasteiger partial charge is 0.325 e. The summed E-state index contributed by atoms with van der Waals surface area (Å²) in [4.78, 5) is 76.0. The molecule has 0 radical (unpaired) electrons. The van der Waals surface area contributed by atoms with Gasteiger partial charge in [0.25, 0.3) is 0 Å². The molecule has 16 N–H and O–H groups in total. The lowest BCUT2D eigenvalue weighted by Gasteiger charge is -2.40. The van der Waals surface area contributed by atoms with Gasteiger partial charge in [-0.3, -0.25) is 23.8 Å². The number of benzene rings is 3. The topological polar surface area (TPSA) is 526 Å². The number of aliphatic hydroxyl groups excluding tert-OH is 6. The summed E-state index contributed by atoms with van der Waals surface area (Å²) in [5.41, 5.74) is 8.79. The molecule has 0 unspecified atom stereocenters. The van der Waals surface area contributed by atoms with Gasteiger partial charge in [0, 0.05) is 62.2 Å². The molecule has 47 heteroatoms. The number of unbranched alkanes of at least 4 members (excludes halogenated alkanes) is 2. The van der Waals surface area contributed by atoms with E-state index in [4.69, 9.17) is 61.6 Å². The molecule has 2 saturated heterocycles. The van der Waals surface area contributed by atoms with E-state index in [9.17, 15) is 95.7 Å². The van der Waals surface area contributed by atoms with Gasteiger partial charge in [0.15, 0.2) is 0 Å². The molecule has 0 spiro atoms. The lowest BCUT2D eigenvalue weighted by molar-refractivity contribution is -0.272. The number of nitrogens with one attached hydrogen (secondary N) is 6. The Labute approximate surface area is 676 Å². The van der Waals surface area contributed by atoms with Crippen molar-refractivity contribution in [3.63, 3.8) is 0 Å². The number of carbonyl (C=O) groups is 3. The number of hydrogen-bond acceptors (Lipinski definition) is 31. The fourth-order valence-electron chi connectivity index (χ4n) is 11.3. The second-order valence-corrected chi connectivity index (χ2v) is 30.4. The van der Waals surface area contributed by atoms with E-state index in [1.54, 1.807) is 4.68 Å². The Bertz CT molecular complexity index is 3700. The van der Waals surface area contributed by atoms with E-state index in [0.717, 1.165) is 24.2 Å². The normalized spacial score (nSPS) is 20.2. The Morgan fingerprint density at radius 2 is 0.890 bits per heavy atom. The minimum absolute atomic E-state index is 0.00948. The summed E-state index contributed by atoms with van der Waals surface area (Å²) in [5.74, 6) is -14.0. The van der Waals surface area contributed by atoms with Gasteiger partial charge in [-0.05, 0) is 99.9 Å². The van der Waals surface area contributed by atoms with Gasteiger partial charge >= 0.3 is 33.2 Å². The Morgan fingerprint density at radius 3 is 1.33 bits per heavy atom. The molecule has 4 aromatic rings. The van der Waals surface area contributed by atoms with Crippen LogP contribution in [0.25, 0.3) is 0 Å². The molecule has 1 aromatic heterocycles. The second-order valence-electron chi connectivity index (χ2n) is 26.9. The quantitative estimate of drug-likeness (QED) is 0.00562. The molecule has 4 amide bonds. The predicted molar refractivity (Wildman–Crippen MR) is 403 cm³/mol. The lowest BCUT2D eigenvalue weighted by atomic mass is 9.97. The van der Waals surface area contributed by atoms with Crippen molar-refractivity contribution < 1.29 is 162 Å². The van der Waals surface area contributed by atoms with Gasteiger partial charge in [-0.25, -0.2) is 27.4 Å². The Morgan fingerprint density at radius 1 is 0.492 bits per heavy atom.